The summed E-state index contributed by atoms with van der Waals surface area (Å²) >= 11 is 0. The van der Waals surface area contributed by atoms with Gasteiger partial charge in [0.05, 0.1) is 13.0 Å². The van der Waals surface area contributed by atoms with Gasteiger partial charge < -0.3 is 19.9 Å². The zero-order valence-electron chi connectivity index (χ0n) is 13.0. The van der Waals surface area contributed by atoms with E-state index in [4.69, 9.17) is 14.6 Å². The first-order valence-corrected chi connectivity index (χ1v) is 7.38. The van der Waals surface area contributed by atoms with Crippen molar-refractivity contribution in [2.75, 3.05) is 6.61 Å². The summed E-state index contributed by atoms with van der Waals surface area (Å²) in [7, 11) is 0. The average molecular weight is 323 g/mol. The van der Waals surface area contributed by atoms with Crippen molar-refractivity contribution >= 4 is 18.0 Å². The van der Waals surface area contributed by atoms with Gasteiger partial charge in [-0.2, -0.15) is 0 Å². The molecule has 7 nitrogen and oxygen atoms in total. The summed E-state index contributed by atoms with van der Waals surface area (Å²) in [5.41, 5.74) is 0.772. The molecule has 1 rings (SSSR count). The van der Waals surface area contributed by atoms with Crippen molar-refractivity contribution in [1.29, 1.82) is 0 Å². The number of esters is 1. The Kier molecular flexibility index (Phi) is 8.20. The fourth-order valence-electron chi connectivity index (χ4n) is 1.66. The molecule has 1 amide bonds. The van der Waals surface area contributed by atoms with E-state index in [9.17, 15) is 14.4 Å². The van der Waals surface area contributed by atoms with E-state index in [1.54, 1.807) is 24.3 Å². The second kappa shape index (κ2) is 10.2. The Bertz CT molecular complexity index is 517. The first-order valence-electron chi connectivity index (χ1n) is 7.38. The van der Waals surface area contributed by atoms with Gasteiger partial charge in [-0.1, -0.05) is 43.7 Å². The molecule has 0 heterocycles. The lowest BCUT2D eigenvalue weighted by molar-refractivity contribution is -0.149. The van der Waals surface area contributed by atoms with E-state index in [1.807, 2.05) is 13.0 Å². The molecule has 0 aliphatic carbocycles. The third kappa shape index (κ3) is 7.85. The van der Waals surface area contributed by atoms with E-state index in [0.717, 1.165) is 12.0 Å². The highest BCUT2D eigenvalue weighted by molar-refractivity contribution is 5.85. The van der Waals surface area contributed by atoms with Crippen LogP contribution in [0.15, 0.2) is 30.3 Å². The largest absolute Gasteiger partial charge is 0.480 e. The van der Waals surface area contributed by atoms with Gasteiger partial charge in [0, 0.05) is 0 Å². The molecule has 1 aromatic carbocycles. The number of hydrogen-bond donors (Lipinski definition) is 2. The van der Waals surface area contributed by atoms with E-state index >= 15 is 0 Å². The number of aliphatic carboxylic acids is 1. The summed E-state index contributed by atoms with van der Waals surface area (Å²) in [5, 5.41) is 11.2. The zero-order chi connectivity index (χ0) is 17.1. The SMILES string of the molecule is CCCCOC(=O)CC(NC(=O)OCc1ccccc1)C(=O)O. The standard InChI is InChI=1S/C16H21NO6/c1-2-3-9-22-14(18)10-13(15(19)20)17-16(21)23-11-12-7-5-4-6-8-12/h4-8,13H,2-3,9-11H2,1H3,(H,17,21)(H,19,20). The number of unbranched alkanes of at least 4 members (excludes halogenated alkanes) is 1. The average Bonchev–Trinajstić information content (AvgIpc) is 2.53. The van der Waals surface area contributed by atoms with Crippen LogP contribution >= 0.6 is 0 Å². The van der Waals surface area contributed by atoms with Crippen LogP contribution in [0.5, 0.6) is 0 Å². The van der Waals surface area contributed by atoms with Crippen LogP contribution < -0.4 is 5.32 Å². The Labute approximate surface area is 134 Å². The molecule has 7 heteroatoms. The number of ether oxygens (including phenoxy) is 2. The predicted molar refractivity (Wildman–Crippen MR) is 81.7 cm³/mol. The quantitative estimate of drug-likeness (QED) is 0.533. The van der Waals surface area contributed by atoms with Gasteiger partial charge in [0.1, 0.15) is 12.6 Å². The number of carbonyl (C=O) groups is 3. The smallest absolute Gasteiger partial charge is 0.408 e. The minimum absolute atomic E-state index is 0.0138. The number of alkyl carbamates (subject to hydrolysis) is 1. The number of rotatable bonds is 9. The van der Waals surface area contributed by atoms with Crippen LogP contribution in [0.2, 0.25) is 0 Å². The molecule has 0 aliphatic heterocycles. The van der Waals surface area contributed by atoms with Gasteiger partial charge in [-0.15, -0.1) is 0 Å². The third-order valence-corrected chi connectivity index (χ3v) is 2.93. The molecule has 1 aromatic rings. The van der Waals surface area contributed by atoms with Crippen LogP contribution in [0.4, 0.5) is 4.79 Å². The molecule has 0 aromatic heterocycles. The maximum absolute atomic E-state index is 11.6. The van der Waals surface area contributed by atoms with Crippen molar-refractivity contribution in [3.63, 3.8) is 0 Å². The van der Waals surface area contributed by atoms with E-state index < -0.39 is 30.5 Å². The normalized spacial score (nSPS) is 11.3. The molecule has 0 aliphatic rings. The number of hydrogen-bond acceptors (Lipinski definition) is 5. The van der Waals surface area contributed by atoms with Crippen molar-refractivity contribution in [2.24, 2.45) is 0 Å². The van der Waals surface area contributed by atoms with Gasteiger partial charge >= 0.3 is 18.0 Å². The molecule has 0 bridgehead atoms. The molecule has 1 atom stereocenters. The van der Waals surface area contributed by atoms with Crippen LogP contribution in [-0.4, -0.2) is 35.8 Å². The van der Waals surface area contributed by atoms with Gasteiger partial charge in [0.25, 0.3) is 0 Å². The molecule has 2 N–H and O–H groups in total. The van der Waals surface area contributed by atoms with Crippen LogP contribution in [0.3, 0.4) is 0 Å². The van der Waals surface area contributed by atoms with Gasteiger partial charge in [-0.25, -0.2) is 9.59 Å². The van der Waals surface area contributed by atoms with Gasteiger partial charge in [-0.05, 0) is 12.0 Å². The van der Waals surface area contributed by atoms with Crippen molar-refractivity contribution in [1.82, 2.24) is 5.32 Å². The Morgan fingerprint density at radius 1 is 1.17 bits per heavy atom. The number of nitrogens with one attached hydrogen (secondary N) is 1. The van der Waals surface area contributed by atoms with Gasteiger partial charge in [0.2, 0.25) is 0 Å². The van der Waals surface area contributed by atoms with Crippen molar-refractivity contribution in [3.8, 4) is 0 Å². The second-order valence-electron chi connectivity index (χ2n) is 4.88. The van der Waals surface area contributed by atoms with Crippen molar-refractivity contribution < 1.29 is 29.0 Å². The van der Waals surface area contributed by atoms with Crippen molar-refractivity contribution in [3.05, 3.63) is 35.9 Å². The lowest BCUT2D eigenvalue weighted by Crippen LogP contribution is -2.42. The highest BCUT2D eigenvalue weighted by atomic mass is 16.5. The summed E-state index contributed by atoms with van der Waals surface area (Å²) in [4.78, 5) is 34.2. The molecule has 0 spiro atoms. The Balaban J connectivity index is 2.40. The first-order chi connectivity index (χ1) is 11.0. The number of carboxylic acids is 1. The van der Waals surface area contributed by atoms with Crippen LogP contribution in [0.1, 0.15) is 31.7 Å². The monoisotopic (exact) mass is 323 g/mol. The Morgan fingerprint density at radius 3 is 2.48 bits per heavy atom. The summed E-state index contributed by atoms with van der Waals surface area (Å²) in [6, 6.07) is 7.58. The minimum Gasteiger partial charge on any atom is -0.480 e. The number of carboxylic acid groups (broad SMARTS) is 1. The van der Waals surface area contributed by atoms with Gasteiger partial charge in [-0.3, -0.25) is 4.79 Å². The molecule has 0 fully saturated rings. The van der Waals surface area contributed by atoms with Crippen LogP contribution in [0.25, 0.3) is 0 Å². The summed E-state index contributed by atoms with van der Waals surface area (Å²) < 4.78 is 9.80. The first kappa shape index (κ1) is 18.5. The van der Waals surface area contributed by atoms with E-state index in [2.05, 4.69) is 5.32 Å². The molecular weight excluding hydrogens is 302 g/mol. The van der Waals surface area contributed by atoms with Gasteiger partial charge in [0.15, 0.2) is 0 Å². The molecule has 1 unspecified atom stereocenters. The maximum atomic E-state index is 11.6. The van der Waals surface area contributed by atoms with E-state index in [0.29, 0.717) is 6.42 Å². The van der Waals surface area contributed by atoms with Crippen LogP contribution in [0, 0.1) is 0 Å². The summed E-state index contributed by atoms with van der Waals surface area (Å²) in [6.45, 7) is 2.19. The number of amides is 1. The number of carbonyl (C=O) groups excluding carboxylic acids is 2. The highest BCUT2D eigenvalue weighted by Gasteiger charge is 2.24. The Hall–Kier alpha value is -2.57. The summed E-state index contributed by atoms with van der Waals surface area (Å²) in [5.74, 6) is -2.00. The second-order valence-corrected chi connectivity index (χ2v) is 4.88. The molecule has 126 valence electrons. The fraction of sp³-hybridized carbons (Fsp3) is 0.438. The highest BCUT2D eigenvalue weighted by Crippen LogP contribution is 2.02. The molecular formula is C16H21NO6. The third-order valence-electron chi connectivity index (χ3n) is 2.93. The Morgan fingerprint density at radius 2 is 1.87 bits per heavy atom. The predicted octanol–water partition coefficient (Wildman–Crippen LogP) is 2.10. The molecule has 0 saturated heterocycles. The molecule has 0 saturated carbocycles. The van der Waals surface area contributed by atoms with E-state index in [-0.39, 0.29) is 13.2 Å². The van der Waals surface area contributed by atoms with Crippen LogP contribution in [-0.2, 0) is 25.7 Å². The summed E-state index contributed by atoms with van der Waals surface area (Å²) in [6.07, 6.45) is 0.220. The number of benzene rings is 1. The fourth-order valence-corrected chi connectivity index (χ4v) is 1.66. The maximum Gasteiger partial charge on any atom is 0.408 e. The molecule has 23 heavy (non-hydrogen) atoms. The topological polar surface area (TPSA) is 102 Å². The van der Waals surface area contributed by atoms with Crippen molar-refractivity contribution in [2.45, 2.75) is 38.8 Å². The molecule has 0 radical (unpaired) electrons. The lowest BCUT2D eigenvalue weighted by atomic mass is 10.2. The zero-order valence-corrected chi connectivity index (χ0v) is 13.0. The minimum atomic E-state index is -1.38. The van der Waals surface area contributed by atoms with E-state index in [1.165, 1.54) is 0 Å². The lowest BCUT2D eigenvalue weighted by Gasteiger charge is -2.14.